The third kappa shape index (κ3) is 4.11. The normalized spacial score (nSPS) is 24.8. The Labute approximate surface area is 168 Å². The Balaban J connectivity index is 1.30. The molecule has 0 bridgehead atoms. The van der Waals surface area contributed by atoms with Crippen LogP contribution in [0.5, 0.6) is 0 Å². The number of sulfonamides is 1. The summed E-state index contributed by atoms with van der Waals surface area (Å²) in [4.78, 5) is 15.3. The van der Waals surface area contributed by atoms with E-state index in [0.29, 0.717) is 30.6 Å². The van der Waals surface area contributed by atoms with Crippen molar-refractivity contribution in [1.82, 2.24) is 14.5 Å². The highest BCUT2D eigenvalue weighted by atomic mass is 32.2. The SMILES string of the molecule is O=C(NCc1ccc(S(=O)(=O)N2CCCC2)cc1)C1CCN1C1CCCCC1. The smallest absolute Gasteiger partial charge is 0.243 e. The fraction of sp³-hybridized carbons (Fsp3) is 0.667. The van der Waals surface area contributed by atoms with E-state index in [4.69, 9.17) is 0 Å². The first-order chi connectivity index (χ1) is 13.6. The van der Waals surface area contributed by atoms with Crippen LogP contribution in [0, 0.1) is 0 Å². The Kier molecular flexibility index (Phi) is 6.04. The number of carbonyl (C=O) groups excluding carboxylic acids is 1. The van der Waals surface area contributed by atoms with Gasteiger partial charge in [0.05, 0.1) is 10.9 Å². The molecule has 1 aliphatic carbocycles. The Morgan fingerprint density at radius 2 is 1.61 bits per heavy atom. The maximum atomic E-state index is 12.6. The molecule has 1 unspecified atom stereocenters. The van der Waals surface area contributed by atoms with Crippen LogP contribution in [0.25, 0.3) is 0 Å². The van der Waals surface area contributed by atoms with Crippen molar-refractivity contribution in [2.24, 2.45) is 0 Å². The summed E-state index contributed by atoms with van der Waals surface area (Å²) in [5.41, 5.74) is 0.928. The molecule has 3 fully saturated rings. The van der Waals surface area contributed by atoms with Crippen LogP contribution in [0.4, 0.5) is 0 Å². The Morgan fingerprint density at radius 3 is 2.21 bits per heavy atom. The monoisotopic (exact) mass is 405 g/mol. The maximum Gasteiger partial charge on any atom is 0.243 e. The van der Waals surface area contributed by atoms with Gasteiger partial charge < -0.3 is 5.32 Å². The van der Waals surface area contributed by atoms with Crippen molar-refractivity contribution >= 4 is 15.9 Å². The van der Waals surface area contributed by atoms with Gasteiger partial charge >= 0.3 is 0 Å². The van der Waals surface area contributed by atoms with E-state index in [1.54, 1.807) is 16.4 Å². The molecule has 1 amide bonds. The number of hydrogen-bond acceptors (Lipinski definition) is 4. The molecular weight excluding hydrogens is 374 g/mol. The standard InChI is InChI=1S/C21H31N3O3S/c25-21(20-12-15-24(20)18-6-2-1-3-7-18)22-16-17-8-10-19(11-9-17)28(26,27)23-13-4-5-14-23/h8-11,18,20H,1-7,12-16H2,(H,22,25). The summed E-state index contributed by atoms with van der Waals surface area (Å²) in [6.07, 6.45) is 9.13. The highest BCUT2D eigenvalue weighted by Crippen LogP contribution is 2.30. The van der Waals surface area contributed by atoms with Crippen LogP contribution < -0.4 is 5.32 Å². The molecule has 2 saturated heterocycles. The van der Waals surface area contributed by atoms with Crippen LogP contribution in [0.2, 0.25) is 0 Å². The van der Waals surface area contributed by atoms with E-state index in [9.17, 15) is 13.2 Å². The summed E-state index contributed by atoms with van der Waals surface area (Å²) in [6.45, 7) is 2.70. The molecular formula is C21H31N3O3S. The lowest BCUT2D eigenvalue weighted by atomic mass is 9.89. The Bertz CT molecular complexity index is 782. The average Bonchev–Trinajstić information content (AvgIpc) is 3.22. The molecule has 28 heavy (non-hydrogen) atoms. The van der Waals surface area contributed by atoms with Crippen molar-refractivity contribution in [1.29, 1.82) is 0 Å². The van der Waals surface area contributed by atoms with Gasteiger partial charge in [-0.1, -0.05) is 31.4 Å². The molecule has 0 spiro atoms. The van der Waals surface area contributed by atoms with E-state index in [-0.39, 0.29) is 11.9 Å². The lowest BCUT2D eigenvalue weighted by Gasteiger charge is -2.46. The Hall–Kier alpha value is -1.44. The number of nitrogens with zero attached hydrogens (tertiary/aromatic N) is 2. The summed E-state index contributed by atoms with van der Waals surface area (Å²) >= 11 is 0. The first-order valence-electron chi connectivity index (χ1n) is 10.7. The molecule has 2 aliphatic heterocycles. The van der Waals surface area contributed by atoms with Crippen molar-refractivity contribution in [3.05, 3.63) is 29.8 Å². The van der Waals surface area contributed by atoms with Crippen LogP contribution >= 0.6 is 0 Å². The quantitative estimate of drug-likeness (QED) is 0.789. The van der Waals surface area contributed by atoms with Crippen molar-refractivity contribution in [3.63, 3.8) is 0 Å². The molecule has 3 aliphatic rings. The van der Waals surface area contributed by atoms with Gasteiger partial charge in [-0.3, -0.25) is 9.69 Å². The lowest BCUT2D eigenvalue weighted by molar-refractivity contribution is -0.133. The van der Waals surface area contributed by atoms with Crippen molar-refractivity contribution in [2.75, 3.05) is 19.6 Å². The summed E-state index contributed by atoms with van der Waals surface area (Å²) in [7, 11) is -3.38. The molecule has 1 N–H and O–H groups in total. The van der Waals surface area contributed by atoms with E-state index in [2.05, 4.69) is 10.2 Å². The summed E-state index contributed by atoms with van der Waals surface area (Å²) < 4.78 is 26.7. The molecule has 0 aromatic heterocycles. The molecule has 2 heterocycles. The molecule has 6 nitrogen and oxygen atoms in total. The van der Waals surface area contributed by atoms with Gasteiger partial charge in [0.25, 0.3) is 0 Å². The average molecular weight is 406 g/mol. The lowest BCUT2D eigenvalue weighted by Crippen LogP contribution is -2.59. The zero-order chi connectivity index (χ0) is 19.6. The zero-order valence-corrected chi connectivity index (χ0v) is 17.3. The van der Waals surface area contributed by atoms with E-state index in [0.717, 1.165) is 31.4 Å². The zero-order valence-electron chi connectivity index (χ0n) is 16.5. The van der Waals surface area contributed by atoms with Crippen molar-refractivity contribution in [3.8, 4) is 0 Å². The van der Waals surface area contributed by atoms with Crippen LogP contribution in [-0.4, -0.2) is 55.2 Å². The minimum Gasteiger partial charge on any atom is -0.351 e. The van der Waals surface area contributed by atoms with E-state index >= 15 is 0 Å². The number of carbonyl (C=O) groups is 1. The van der Waals surface area contributed by atoms with Gasteiger partial charge in [0.1, 0.15) is 0 Å². The van der Waals surface area contributed by atoms with Crippen LogP contribution in [0.15, 0.2) is 29.2 Å². The van der Waals surface area contributed by atoms with Gasteiger partial charge in [-0.05, 0) is 49.8 Å². The van der Waals surface area contributed by atoms with Crippen molar-refractivity contribution in [2.45, 2.75) is 74.9 Å². The molecule has 1 aromatic rings. The fourth-order valence-corrected chi connectivity index (χ4v) is 6.22. The molecule has 1 saturated carbocycles. The predicted molar refractivity (Wildman–Crippen MR) is 108 cm³/mol. The number of hydrogen-bond donors (Lipinski definition) is 1. The van der Waals surface area contributed by atoms with Crippen molar-refractivity contribution < 1.29 is 13.2 Å². The van der Waals surface area contributed by atoms with Gasteiger partial charge in [0.15, 0.2) is 0 Å². The Morgan fingerprint density at radius 1 is 0.929 bits per heavy atom. The van der Waals surface area contributed by atoms with Gasteiger partial charge in [-0.25, -0.2) is 8.42 Å². The second-order valence-electron chi connectivity index (χ2n) is 8.31. The number of amides is 1. The van der Waals surface area contributed by atoms with E-state index in [1.807, 2.05) is 12.1 Å². The van der Waals surface area contributed by atoms with Gasteiger partial charge in [-0.15, -0.1) is 0 Å². The summed E-state index contributed by atoms with van der Waals surface area (Å²) in [6, 6.07) is 7.53. The van der Waals surface area contributed by atoms with E-state index < -0.39 is 10.0 Å². The second-order valence-corrected chi connectivity index (χ2v) is 10.2. The third-order valence-corrected chi connectivity index (χ3v) is 8.41. The third-order valence-electron chi connectivity index (χ3n) is 6.50. The largest absolute Gasteiger partial charge is 0.351 e. The van der Waals surface area contributed by atoms with E-state index in [1.165, 1.54) is 32.1 Å². The second kappa shape index (κ2) is 8.51. The topological polar surface area (TPSA) is 69.7 Å². The van der Waals surface area contributed by atoms with Gasteiger partial charge in [0.2, 0.25) is 15.9 Å². The highest BCUT2D eigenvalue weighted by molar-refractivity contribution is 7.89. The molecule has 1 aromatic carbocycles. The first-order valence-corrected chi connectivity index (χ1v) is 12.1. The summed E-state index contributed by atoms with van der Waals surface area (Å²) in [5.74, 6) is 0.102. The molecule has 7 heteroatoms. The highest BCUT2D eigenvalue weighted by Gasteiger charge is 2.38. The molecule has 154 valence electrons. The number of rotatable bonds is 6. The van der Waals surface area contributed by atoms with Crippen LogP contribution in [-0.2, 0) is 21.4 Å². The van der Waals surface area contributed by atoms with Crippen LogP contribution in [0.3, 0.4) is 0 Å². The molecule has 1 atom stereocenters. The number of likely N-dealkylation sites (tertiary alicyclic amines) is 1. The number of nitrogens with one attached hydrogen (secondary N) is 1. The number of benzene rings is 1. The summed E-state index contributed by atoms with van der Waals surface area (Å²) in [5, 5.41) is 3.04. The molecule has 0 radical (unpaired) electrons. The minimum atomic E-state index is -3.38. The van der Waals surface area contributed by atoms with Gasteiger partial charge in [-0.2, -0.15) is 4.31 Å². The predicted octanol–water partition coefficient (Wildman–Crippen LogP) is 2.49. The molecule has 4 rings (SSSR count). The fourth-order valence-electron chi connectivity index (χ4n) is 4.70. The van der Waals surface area contributed by atoms with Crippen LogP contribution in [0.1, 0.15) is 56.9 Å². The maximum absolute atomic E-state index is 12.6. The van der Waals surface area contributed by atoms with Gasteiger partial charge in [0, 0.05) is 32.2 Å². The minimum absolute atomic E-state index is 0.0120. The first kappa shape index (κ1) is 19.9.